The summed E-state index contributed by atoms with van der Waals surface area (Å²) in [6.07, 6.45) is 0.447. The van der Waals surface area contributed by atoms with E-state index in [0.29, 0.717) is 18.1 Å². The number of hydrogen-bond donors (Lipinski definition) is 0. The minimum absolute atomic E-state index is 0.197. The molecule has 0 spiro atoms. The van der Waals surface area contributed by atoms with Crippen molar-refractivity contribution < 1.29 is 9.53 Å². The van der Waals surface area contributed by atoms with Gasteiger partial charge in [0.15, 0.2) is 0 Å². The van der Waals surface area contributed by atoms with E-state index in [1.54, 1.807) is 12.1 Å². The Labute approximate surface area is 78.5 Å². The van der Waals surface area contributed by atoms with Gasteiger partial charge < -0.3 is 4.74 Å². The zero-order valence-corrected chi connectivity index (χ0v) is 7.91. The summed E-state index contributed by atoms with van der Waals surface area (Å²) >= 11 is 0. The van der Waals surface area contributed by atoms with Gasteiger partial charge in [0.05, 0.1) is 0 Å². The van der Waals surface area contributed by atoms with E-state index in [9.17, 15) is 4.79 Å². The lowest BCUT2D eigenvalue weighted by Crippen LogP contribution is -2.10. The minimum atomic E-state index is -0.197. The molecule has 1 radical (unpaired) electrons. The molecule has 0 atom stereocenters. The minimum Gasteiger partial charge on any atom is -0.426 e. The van der Waals surface area contributed by atoms with Crippen LogP contribution in [0.2, 0.25) is 0 Å². The first kappa shape index (κ1) is 9.78. The fourth-order valence-corrected chi connectivity index (χ4v) is 0.938. The SMILES string of the molecule is CC(C)CC(=O)Oc1[c]cccc1. The second-order valence-corrected chi connectivity index (χ2v) is 3.30. The fourth-order valence-electron chi connectivity index (χ4n) is 0.938. The first-order valence-corrected chi connectivity index (χ1v) is 4.36. The molecule has 0 aliphatic rings. The highest BCUT2D eigenvalue weighted by Gasteiger charge is 2.06. The van der Waals surface area contributed by atoms with Crippen LogP contribution in [0.5, 0.6) is 5.75 Å². The maximum absolute atomic E-state index is 11.2. The van der Waals surface area contributed by atoms with Crippen LogP contribution < -0.4 is 4.74 Å². The van der Waals surface area contributed by atoms with Crippen LogP contribution >= 0.6 is 0 Å². The predicted octanol–water partition coefficient (Wildman–Crippen LogP) is 2.44. The summed E-state index contributed by atoms with van der Waals surface area (Å²) in [6, 6.07) is 9.92. The third-order valence-corrected chi connectivity index (χ3v) is 1.48. The molecule has 0 aliphatic carbocycles. The summed E-state index contributed by atoms with van der Waals surface area (Å²) in [7, 11) is 0. The molecule has 2 nitrogen and oxygen atoms in total. The Morgan fingerprint density at radius 2 is 2.31 bits per heavy atom. The van der Waals surface area contributed by atoms with E-state index < -0.39 is 0 Å². The summed E-state index contributed by atoms with van der Waals surface area (Å²) < 4.78 is 5.03. The molecule has 0 N–H and O–H groups in total. The van der Waals surface area contributed by atoms with E-state index in [0.717, 1.165) is 0 Å². The van der Waals surface area contributed by atoms with Gasteiger partial charge in [-0.2, -0.15) is 0 Å². The van der Waals surface area contributed by atoms with Gasteiger partial charge in [0, 0.05) is 12.5 Å². The molecule has 0 bridgehead atoms. The molecule has 0 saturated carbocycles. The molecule has 0 unspecified atom stereocenters. The van der Waals surface area contributed by atoms with E-state index in [1.807, 2.05) is 26.0 Å². The van der Waals surface area contributed by atoms with Crippen molar-refractivity contribution >= 4 is 5.97 Å². The molecule has 0 amide bonds. The molecule has 0 saturated heterocycles. The van der Waals surface area contributed by atoms with Crippen LogP contribution in [0, 0.1) is 12.0 Å². The number of esters is 1. The third-order valence-electron chi connectivity index (χ3n) is 1.48. The van der Waals surface area contributed by atoms with Gasteiger partial charge in [-0.3, -0.25) is 4.79 Å². The van der Waals surface area contributed by atoms with Crippen LogP contribution in [-0.2, 0) is 4.79 Å². The van der Waals surface area contributed by atoms with Crippen LogP contribution in [0.4, 0.5) is 0 Å². The average molecular weight is 177 g/mol. The van der Waals surface area contributed by atoms with Gasteiger partial charge in [-0.1, -0.05) is 32.0 Å². The highest BCUT2D eigenvalue weighted by atomic mass is 16.5. The Hall–Kier alpha value is -1.31. The monoisotopic (exact) mass is 177 g/mol. The van der Waals surface area contributed by atoms with Crippen molar-refractivity contribution in [2.75, 3.05) is 0 Å². The number of ether oxygens (including phenoxy) is 1. The standard InChI is InChI=1S/C11H13O2/c1-9(2)8-11(12)13-10-6-4-3-5-7-10/h3-6,9H,8H2,1-2H3. The molecule has 0 heterocycles. The summed E-state index contributed by atoms with van der Waals surface area (Å²) in [6.45, 7) is 3.96. The number of para-hydroxylation sites is 1. The zero-order chi connectivity index (χ0) is 9.68. The van der Waals surface area contributed by atoms with Gasteiger partial charge >= 0.3 is 5.97 Å². The Morgan fingerprint density at radius 1 is 1.54 bits per heavy atom. The molecule has 1 aromatic carbocycles. The fraction of sp³-hybridized carbons (Fsp3) is 0.364. The van der Waals surface area contributed by atoms with Crippen molar-refractivity contribution in [2.24, 2.45) is 5.92 Å². The first-order valence-electron chi connectivity index (χ1n) is 4.36. The molecule has 0 aliphatic heterocycles. The van der Waals surface area contributed by atoms with Crippen molar-refractivity contribution in [3.8, 4) is 5.75 Å². The maximum atomic E-state index is 11.2. The molecule has 0 aromatic heterocycles. The van der Waals surface area contributed by atoms with Gasteiger partial charge in [0.2, 0.25) is 0 Å². The Kier molecular flexibility index (Phi) is 3.50. The van der Waals surface area contributed by atoms with Gasteiger partial charge in [-0.05, 0) is 12.0 Å². The lowest BCUT2D eigenvalue weighted by molar-refractivity contribution is -0.135. The quantitative estimate of drug-likeness (QED) is 0.523. The van der Waals surface area contributed by atoms with E-state index in [-0.39, 0.29) is 5.97 Å². The zero-order valence-electron chi connectivity index (χ0n) is 7.91. The number of hydrogen-bond acceptors (Lipinski definition) is 2. The van der Waals surface area contributed by atoms with E-state index >= 15 is 0 Å². The predicted molar refractivity (Wildman–Crippen MR) is 50.4 cm³/mol. The van der Waals surface area contributed by atoms with Crippen LogP contribution in [0.25, 0.3) is 0 Å². The second kappa shape index (κ2) is 4.65. The number of rotatable bonds is 3. The van der Waals surface area contributed by atoms with Crippen LogP contribution in [0.1, 0.15) is 20.3 Å². The van der Waals surface area contributed by atoms with Gasteiger partial charge in [-0.25, -0.2) is 0 Å². The highest BCUT2D eigenvalue weighted by molar-refractivity contribution is 5.72. The van der Waals surface area contributed by atoms with Crippen molar-refractivity contribution in [1.29, 1.82) is 0 Å². The summed E-state index contributed by atoms with van der Waals surface area (Å²) in [5.41, 5.74) is 0. The lowest BCUT2D eigenvalue weighted by Gasteiger charge is -2.04. The third kappa shape index (κ3) is 3.74. The molecular formula is C11H13O2. The largest absolute Gasteiger partial charge is 0.426 e. The topological polar surface area (TPSA) is 26.3 Å². The lowest BCUT2D eigenvalue weighted by atomic mass is 10.1. The second-order valence-electron chi connectivity index (χ2n) is 3.30. The van der Waals surface area contributed by atoms with Crippen molar-refractivity contribution in [1.82, 2.24) is 0 Å². The Balaban J connectivity index is 2.46. The summed E-state index contributed by atoms with van der Waals surface area (Å²) in [5.74, 6) is 0.627. The van der Waals surface area contributed by atoms with Crippen LogP contribution in [0.15, 0.2) is 24.3 Å². The normalized spacial score (nSPS) is 10.1. The number of carbonyl (C=O) groups excluding carboxylic acids is 1. The highest BCUT2D eigenvalue weighted by Crippen LogP contribution is 2.10. The summed E-state index contributed by atoms with van der Waals surface area (Å²) in [5, 5.41) is 0. The Bertz CT molecular complexity index is 265. The van der Waals surface area contributed by atoms with E-state index in [2.05, 4.69) is 6.07 Å². The van der Waals surface area contributed by atoms with Gasteiger partial charge in [0.25, 0.3) is 0 Å². The molecular weight excluding hydrogens is 164 g/mol. The van der Waals surface area contributed by atoms with Gasteiger partial charge in [0.1, 0.15) is 5.75 Å². The molecule has 69 valence electrons. The van der Waals surface area contributed by atoms with Crippen molar-refractivity contribution in [2.45, 2.75) is 20.3 Å². The molecule has 0 fully saturated rings. The Morgan fingerprint density at radius 3 is 2.85 bits per heavy atom. The molecule has 1 aromatic rings. The average Bonchev–Trinajstić information content (AvgIpc) is 2.04. The maximum Gasteiger partial charge on any atom is 0.311 e. The molecule has 2 heteroatoms. The smallest absolute Gasteiger partial charge is 0.311 e. The van der Waals surface area contributed by atoms with Crippen molar-refractivity contribution in [3.05, 3.63) is 30.3 Å². The molecule has 1 rings (SSSR count). The number of benzene rings is 1. The molecule has 13 heavy (non-hydrogen) atoms. The van der Waals surface area contributed by atoms with Crippen LogP contribution in [0.3, 0.4) is 0 Å². The van der Waals surface area contributed by atoms with Crippen LogP contribution in [-0.4, -0.2) is 5.97 Å². The van der Waals surface area contributed by atoms with Gasteiger partial charge in [-0.15, -0.1) is 0 Å². The van der Waals surface area contributed by atoms with E-state index in [1.165, 1.54) is 0 Å². The summed E-state index contributed by atoms with van der Waals surface area (Å²) in [4.78, 5) is 11.2. The van der Waals surface area contributed by atoms with E-state index in [4.69, 9.17) is 4.74 Å². The van der Waals surface area contributed by atoms with Crippen molar-refractivity contribution in [3.63, 3.8) is 0 Å². The first-order chi connectivity index (χ1) is 6.18. The number of carbonyl (C=O) groups is 1.